The summed E-state index contributed by atoms with van der Waals surface area (Å²) in [5.74, 6) is 0.530. The van der Waals surface area contributed by atoms with E-state index in [2.05, 4.69) is 5.32 Å². The van der Waals surface area contributed by atoms with Crippen molar-refractivity contribution in [1.82, 2.24) is 5.32 Å². The van der Waals surface area contributed by atoms with Crippen LogP contribution < -0.4 is 5.32 Å². The average Bonchev–Trinajstić information content (AvgIpc) is 2.27. The molecule has 2 saturated carbocycles. The van der Waals surface area contributed by atoms with Gasteiger partial charge < -0.3 is 10.1 Å². The van der Waals surface area contributed by atoms with Gasteiger partial charge >= 0.3 is 5.97 Å². The van der Waals surface area contributed by atoms with Gasteiger partial charge in [-0.05, 0) is 31.6 Å². The van der Waals surface area contributed by atoms with Gasteiger partial charge in [-0.3, -0.25) is 9.59 Å². The van der Waals surface area contributed by atoms with Gasteiger partial charge in [-0.15, -0.1) is 0 Å². The Morgan fingerprint density at radius 1 is 1.38 bits per heavy atom. The van der Waals surface area contributed by atoms with Gasteiger partial charge in [0.1, 0.15) is 6.10 Å². The minimum absolute atomic E-state index is 0.00870. The van der Waals surface area contributed by atoms with Gasteiger partial charge in [0.15, 0.2) is 0 Å². The summed E-state index contributed by atoms with van der Waals surface area (Å²) in [6.07, 6.45) is 4.59. The number of hydrogen-bond acceptors (Lipinski definition) is 3. The largest absolute Gasteiger partial charge is 0.462 e. The molecule has 4 heteroatoms. The highest BCUT2D eigenvalue weighted by molar-refractivity contribution is 5.76. The lowest BCUT2D eigenvalue weighted by Gasteiger charge is -2.46. The normalized spacial score (nSPS) is 45.1. The molecular weight excluding hydrogens is 206 g/mol. The van der Waals surface area contributed by atoms with E-state index in [1.54, 1.807) is 6.92 Å². The zero-order chi connectivity index (χ0) is 11.3. The molecule has 4 rings (SSSR count). The van der Waals surface area contributed by atoms with Crippen LogP contribution in [0.25, 0.3) is 0 Å². The van der Waals surface area contributed by atoms with Crippen molar-refractivity contribution in [1.29, 1.82) is 0 Å². The third-order valence-electron chi connectivity index (χ3n) is 4.21. The predicted molar refractivity (Wildman–Crippen MR) is 56.5 cm³/mol. The van der Waals surface area contributed by atoms with Gasteiger partial charge in [-0.2, -0.15) is 0 Å². The van der Waals surface area contributed by atoms with Crippen molar-refractivity contribution < 1.29 is 14.3 Å². The molecule has 0 aromatic rings. The lowest BCUT2D eigenvalue weighted by atomic mass is 9.63. The molecule has 4 aliphatic rings. The summed E-state index contributed by atoms with van der Waals surface area (Å²) in [6.45, 7) is 1.55. The van der Waals surface area contributed by atoms with E-state index in [4.69, 9.17) is 4.74 Å². The molecule has 2 saturated heterocycles. The monoisotopic (exact) mass is 223 g/mol. The minimum atomic E-state index is -0.158. The number of ether oxygens (including phenoxy) is 1. The molecule has 4 unspecified atom stereocenters. The molecule has 0 spiro atoms. The fraction of sp³-hybridized carbons (Fsp3) is 0.833. The summed E-state index contributed by atoms with van der Waals surface area (Å²) in [5.41, 5.74) is -0.158. The summed E-state index contributed by atoms with van der Waals surface area (Å²) in [5, 5.41) is 3.08. The summed E-state index contributed by atoms with van der Waals surface area (Å²) >= 11 is 0. The number of amides is 1. The number of esters is 1. The molecule has 2 aliphatic carbocycles. The van der Waals surface area contributed by atoms with Crippen molar-refractivity contribution >= 4 is 11.9 Å². The van der Waals surface area contributed by atoms with E-state index in [9.17, 15) is 9.59 Å². The number of carbonyl (C=O) groups excluding carboxylic acids is 2. The van der Waals surface area contributed by atoms with Crippen LogP contribution in [-0.4, -0.2) is 23.5 Å². The molecule has 4 bridgehead atoms. The summed E-state index contributed by atoms with van der Waals surface area (Å²) < 4.78 is 5.45. The smallest absolute Gasteiger partial charge is 0.309 e. The van der Waals surface area contributed by atoms with Gasteiger partial charge in [0.05, 0.1) is 5.92 Å². The van der Waals surface area contributed by atoms with E-state index in [1.807, 2.05) is 0 Å². The second kappa shape index (κ2) is 3.22. The fourth-order valence-electron chi connectivity index (χ4n) is 3.97. The van der Waals surface area contributed by atoms with Crippen LogP contribution in [0.3, 0.4) is 0 Å². The number of carbonyl (C=O) groups is 2. The van der Waals surface area contributed by atoms with Gasteiger partial charge in [-0.25, -0.2) is 0 Å². The maximum absolute atomic E-state index is 11.8. The zero-order valence-electron chi connectivity index (χ0n) is 9.49. The molecule has 0 aromatic heterocycles. The topological polar surface area (TPSA) is 55.4 Å². The molecule has 1 amide bonds. The molecule has 2 aliphatic heterocycles. The number of hydrogen-bond donors (Lipinski definition) is 1. The molecule has 88 valence electrons. The molecule has 1 N–H and O–H groups in total. The van der Waals surface area contributed by atoms with E-state index >= 15 is 0 Å². The van der Waals surface area contributed by atoms with Crippen molar-refractivity contribution in [3.05, 3.63) is 0 Å². The Hall–Kier alpha value is -1.06. The van der Waals surface area contributed by atoms with Crippen LogP contribution in [0.4, 0.5) is 0 Å². The number of fused-ring (bicyclic) bond motifs is 1. The van der Waals surface area contributed by atoms with Crippen molar-refractivity contribution in [2.24, 2.45) is 11.8 Å². The second-order valence-electron chi connectivity index (χ2n) is 5.67. The molecule has 16 heavy (non-hydrogen) atoms. The first-order valence-electron chi connectivity index (χ1n) is 6.06. The van der Waals surface area contributed by atoms with Gasteiger partial charge in [0.25, 0.3) is 0 Å². The Bertz CT molecular complexity index is 354. The van der Waals surface area contributed by atoms with Crippen molar-refractivity contribution in [2.75, 3.05) is 0 Å². The highest BCUT2D eigenvalue weighted by atomic mass is 16.5. The first-order valence-corrected chi connectivity index (χ1v) is 6.06. The van der Waals surface area contributed by atoms with Gasteiger partial charge in [0.2, 0.25) is 5.91 Å². The van der Waals surface area contributed by atoms with Crippen LogP contribution in [0.15, 0.2) is 0 Å². The van der Waals surface area contributed by atoms with E-state index < -0.39 is 0 Å². The molecule has 0 radical (unpaired) electrons. The third kappa shape index (κ3) is 1.51. The van der Waals surface area contributed by atoms with Crippen LogP contribution >= 0.6 is 0 Å². The first kappa shape index (κ1) is 10.1. The standard InChI is InChI=1S/C12H17NO3/c1-7(14)13-12-4-8-2-9(5-12)11(15)16-10(3-8)6-12/h8-10H,2-6H2,1H3,(H,13,14). The van der Waals surface area contributed by atoms with Gasteiger partial charge in [-0.1, -0.05) is 0 Å². The molecule has 4 atom stereocenters. The van der Waals surface area contributed by atoms with Crippen LogP contribution in [0, 0.1) is 11.8 Å². The van der Waals surface area contributed by atoms with Crippen molar-refractivity contribution in [2.45, 2.75) is 50.7 Å². The highest BCUT2D eigenvalue weighted by Crippen LogP contribution is 2.49. The first-order chi connectivity index (χ1) is 7.56. The molecule has 0 aromatic carbocycles. The molecular formula is C12H17NO3. The van der Waals surface area contributed by atoms with Crippen molar-refractivity contribution in [3.8, 4) is 0 Å². The van der Waals surface area contributed by atoms with Crippen molar-refractivity contribution in [3.63, 3.8) is 0 Å². The lowest BCUT2D eigenvalue weighted by molar-refractivity contribution is -0.151. The van der Waals surface area contributed by atoms with Gasteiger partial charge in [0, 0.05) is 18.9 Å². The van der Waals surface area contributed by atoms with Crippen LogP contribution in [0.2, 0.25) is 0 Å². The van der Waals surface area contributed by atoms with Crippen LogP contribution in [-0.2, 0) is 14.3 Å². The highest BCUT2D eigenvalue weighted by Gasteiger charge is 2.52. The van der Waals surface area contributed by atoms with E-state index in [1.165, 1.54) is 0 Å². The molecule has 2 heterocycles. The predicted octanol–water partition coefficient (Wildman–Crippen LogP) is 0.997. The average molecular weight is 223 g/mol. The molecule has 4 nitrogen and oxygen atoms in total. The number of nitrogens with one attached hydrogen (secondary N) is 1. The maximum Gasteiger partial charge on any atom is 0.309 e. The summed E-state index contributed by atoms with van der Waals surface area (Å²) in [4.78, 5) is 23.0. The third-order valence-corrected chi connectivity index (χ3v) is 4.21. The van der Waals surface area contributed by atoms with E-state index in [0.29, 0.717) is 5.92 Å². The molecule has 4 fully saturated rings. The Balaban J connectivity index is 1.92. The SMILES string of the molecule is CC(=O)NC12CC3CC(C1)OC(=O)C(C3)C2. The maximum atomic E-state index is 11.8. The Labute approximate surface area is 94.7 Å². The second-order valence-corrected chi connectivity index (χ2v) is 5.67. The van der Waals surface area contributed by atoms with E-state index in [0.717, 1.165) is 32.1 Å². The lowest BCUT2D eigenvalue weighted by Crippen LogP contribution is -2.56. The zero-order valence-corrected chi connectivity index (χ0v) is 9.49. The Kier molecular flexibility index (Phi) is 2.03. The minimum Gasteiger partial charge on any atom is -0.462 e. The van der Waals surface area contributed by atoms with E-state index in [-0.39, 0.29) is 29.4 Å². The summed E-state index contributed by atoms with van der Waals surface area (Å²) in [6, 6.07) is 0. The fourth-order valence-corrected chi connectivity index (χ4v) is 3.97. The Morgan fingerprint density at radius 3 is 2.94 bits per heavy atom. The number of rotatable bonds is 1. The quantitative estimate of drug-likeness (QED) is 0.675. The summed E-state index contributed by atoms with van der Waals surface area (Å²) in [7, 11) is 0. The van der Waals surface area contributed by atoms with Crippen LogP contribution in [0.5, 0.6) is 0 Å². The van der Waals surface area contributed by atoms with Crippen LogP contribution in [0.1, 0.15) is 39.0 Å². The Morgan fingerprint density at radius 2 is 2.19 bits per heavy atom.